The Morgan fingerprint density at radius 1 is 0.674 bits per heavy atom. The van der Waals surface area contributed by atoms with Crippen molar-refractivity contribution < 1.29 is 24.1 Å². The Bertz CT molecular complexity index is 417. The van der Waals surface area contributed by atoms with Gasteiger partial charge in [0.1, 0.15) is 0 Å². The van der Waals surface area contributed by atoms with Gasteiger partial charge < -0.3 is 24.1 Å². The number of unbranched alkanes of at least 4 members (excludes halogenated alkanes) is 2. The van der Waals surface area contributed by atoms with Gasteiger partial charge in [0.15, 0.2) is 0 Å². The van der Waals surface area contributed by atoms with Crippen LogP contribution in [0.4, 0.5) is 0 Å². The van der Waals surface area contributed by atoms with Crippen LogP contribution < -0.4 is 0 Å². The van der Waals surface area contributed by atoms with Crippen molar-refractivity contribution in [2.45, 2.75) is 158 Å². The number of hydrogen-bond acceptors (Lipinski definition) is 6. The van der Waals surface area contributed by atoms with Crippen LogP contribution in [0.5, 0.6) is 0 Å². The van der Waals surface area contributed by atoms with Crippen LogP contribution >= 0.6 is 0 Å². The molecule has 43 heavy (non-hydrogen) atoms. The van der Waals surface area contributed by atoms with E-state index in [2.05, 4.69) is 53.4 Å². The van der Waals surface area contributed by atoms with E-state index in [1.165, 1.54) is 70.8 Å². The monoisotopic (exact) mass is 622 g/mol. The quantitative estimate of drug-likeness (QED) is 0.248. The fraction of sp³-hybridized carbons (Fsp3) is 1.00. The maximum absolute atomic E-state index is 8.83. The van der Waals surface area contributed by atoms with Gasteiger partial charge in [0.2, 0.25) is 0 Å². The molecule has 3 rings (SSSR count). The Balaban J connectivity index is -0.000000209. The van der Waals surface area contributed by atoms with Crippen molar-refractivity contribution in [3.8, 4) is 0 Å². The van der Waals surface area contributed by atoms with Gasteiger partial charge in [0.05, 0.1) is 18.8 Å². The molecule has 1 unspecified atom stereocenters. The molecule has 2 aliphatic heterocycles. The maximum atomic E-state index is 8.83. The molecule has 3 aliphatic rings. The molecule has 1 saturated carbocycles. The summed E-state index contributed by atoms with van der Waals surface area (Å²) in [7, 11) is 3.42. The minimum Gasteiger partial charge on any atom is -0.390 e. The molecule has 6 nitrogen and oxygen atoms in total. The van der Waals surface area contributed by atoms with Crippen molar-refractivity contribution in [3.63, 3.8) is 0 Å². The predicted octanol–water partition coefficient (Wildman–Crippen LogP) is 9.81. The molecule has 1 N–H and O–H groups in total. The Kier molecular flexibility index (Phi) is 48.2. The number of methoxy groups -OCH3 is 2. The van der Waals surface area contributed by atoms with E-state index in [0.29, 0.717) is 0 Å². The fourth-order valence-electron chi connectivity index (χ4n) is 3.71. The van der Waals surface area contributed by atoms with Crippen LogP contribution in [0.1, 0.15) is 153 Å². The lowest BCUT2D eigenvalue weighted by molar-refractivity contribution is 0.0380. The first-order chi connectivity index (χ1) is 20.6. The third kappa shape index (κ3) is 48.9. The number of nitrogens with zero attached hydrogens (tertiary/aromatic N) is 1. The van der Waals surface area contributed by atoms with Crippen molar-refractivity contribution in [1.82, 2.24) is 4.90 Å². The van der Waals surface area contributed by atoms with E-state index in [-0.39, 0.29) is 0 Å². The first-order valence-corrected chi connectivity index (χ1v) is 18.2. The van der Waals surface area contributed by atoms with Gasteiger partial charge in [0, 0.05) is 53.7 Å². The summed E-state index contributed by atoms with van der Waals surface area (Å²) in [5.74, 6) is 1.99. The smallest absolute Gasteiger partial charge is 0.0594 e. The van der Waals surface area contributed by atoms with E-state index in [9.17, 15) is 0 Å². The summed E-state index contributed by atoms with van der Waals surface area (Å²) >= 11 is 0. The number of rotatable bonds is 11. The zero-order valence-electron chi connectivity index (χ0n) is 31.7. The van der Waals surface area contributed by atoms with Crippen molar-refractivity contribution in [2.75, 3.05) is 73.5 Å². The molecule has 3 fully saturated rings. The number of aliphatic hydroxyl groups is 1. The maximum Gasteiger partial charge on any atom is 0.0594 e. The predicted molar refractivity (Wildman–Crippen MR) is 191 cm³/mol. The number of hydrogen-bond donors (Lipinski definition) is 1. The lowest BCUT2D eigenvalue weighted by atomic mass is 9.84. The van der Waals surface area contributed by atoms with Crippen molar-refractivity contribution >= 4 is 0 Å². The largest absolute Gasteiger partial charge is 0.390 e. The summed E-state index contributed by atoms with van der Waals surface area (Å²) < 4.78 is 19.7. The fourth-order valence-corrected chi connectivity index (χ4v) is 3.71. The second-order valence-corrected chi connectivity index (χ2v) is 12.3. The SMILES string of the molecule is CCC(C)(C)O.CCC1CCC1.CCC1CCOC1.CCCCC.CCCN1CCOCC1.CCCOC.CCCOC. The molecule has 266 valence electrons. The Hall–Kier alpha value is -0.240. The molecule has 0 spiro atoms. The molecule has 0 amide bonds. The number of ether oxygens (including phenoxy) is 4. The Morgan fingerprint density at radius 3 is 1.33 bits per heavy atom. The van der Waals surface area contributed by atoms with Gasteiger partial charge in [-0.25, -0.2) is 0 Å². The highest BCUT2D eigenvalue weighted by Crippen LogP contribution is 2.28. The molecule has 0 aromatic heterocycles. The van der Waals surface area contributed by atoms with Gasteiger partial charge >= 0.3 is 0 Å². The molecular formula is C37H83NO5. The lowest BCUT2D eigenvalue weighted by Crippen LogP contribution is -2.36. The van der Waals surface area contributed by atoms with Gasteiger partial charge in [-0.3, -0.25) is 4.90 Å². The van der Waals surface area contributed by atoms with Crippen LogP contribution in [-0.4, -0.2) is 89.1 Å². The van der Waals surface area contributed by atoms with Crippen LogP contribution in [0.25, 0.3) is 0 Å². The highest BCUT2D eigenvalue weighted by Gasteiger charge is 2.13. The van der Waals surface area contributed by atoms with Crippen LogP contribution in [0.15, 0.2) is 0 Å². The molecule has 0 bridgehead atoms. The first-order valence-electron chi connectivity index (χ1n) is 18.2. The van der Waals surface area contributed by atoms with E-state index < -0.39 is 5.60 Å². The average molecular weight is 622 g/mol. The number of morpholine rings is 1. The van der Waals surface area contributed by atoms with Gasteiger partial charge in [0.25, 0.3) is 0 Å². The van der Waals surface area contributed by atoms with Crippen LogP contribution in [0.2, 0.25) is 0 Å². The zero-order valence-corrected chi connectivity index (χ0v) is 31.7. The molecule has 0 radical (unpaired) electrons. The van der Waals surface area contributed by atoms with Crippen molar-refractivity contribution in [3.05, 3.63) is 0 Å². The van der Waals surface area contributed by atoms with Crippen LogP contribution in [-0.2, 0) is 18.9 Å². The minimum absolute atomic E-state index is 0.458. The lowest BCUT2D eigenvalue weighted by Gasteiger charge is -2.25. The molecule has 6 heteroatoms. The van der Waals surface area contributed by atoms with Gasteiger partial charge in [-0.05, 0) is 64.3 Å². The molecule has 0 aromatic rings. The summed E-state index contributed by atoms with van der Waals surface area (Å²) in [4.78, 5) is 2.45. The third-order valence-electron chi connectivity index (χ3n) is 7.44. The molecule has 0 aromatic carbocycles. The van der Waals surface area contributed by atoms with Crippen LogP contribution in [0, 0.1) is 11.8 Å². The topological polar surface area (TPSA) is 60.4 Å². The van der Waals surface area contributed by atoms with E-state index in [1.54, 1.807) is 28.1 Å². The first kappa shape index (κ1) is 49.6. The highest BCUT2D eigenvalue weighted by atomic mass is 16.5. The van der Waals surface area contributed by atoms with Gasteiger partial charge in [-0.15, -0.1) is 0 Å². The molecule has 2 heterocycles. The average Bonchev–Trinajstić information content (AvgIpc) is 3.51. The second kappa shape index (κ2) is 41.8. The summed E-state index contributed by atoms with van der Waals surface area (Å²) in [6.07, 6.45) is 16.9. The van der Waals surface area contributed by atoms with E-state index in [1.807, 2.05) is 6.92 Å². The Morgan fingerprint density at radius 2 is 1.16 bits per heavy atom. The summed E-state index contributed by atoms with van der Waals surface area (Å²) in [6.45, 7) is 30.0. The van der Waals surface area contributed by atoms with E-state index in [0.717, 1.165) is 83.8 Å². The summed E-state index contributed by atoms with van der Waals surface area (Å²) in [6, 6.07) is 0. The van der Waals surface area contributed by atoms with Gasteiger partial charge in [-0.2, -0.15) is 0 Å². The van der Waals surface area contributed by atoms with Crippen molar-refractivity contribution in [2.24, 2.45) is 11.8 Å². The van der Waals surface area contributed by atoms with E-state index >= 15 is 0 Å². The summed E-state index contributed by atoms with van der Waals surface area (Å²) in [5, 5.41) is 8.83. The molecule has 2 saturated heterocycles. The normalized spacial score (nSPS) is 17.7. The second-order valence-electron chi connectivity index (χ2n) is 12.3. The van der Waals surface area contributed by atoms with Crippen LogP contribution in [0.3, 0.4) is 0 Å². The minimum atomic E-state index is -0.458. The summed E-state index contributed by atoms with van der Waals surface area (Å²) in [5.41, 5.74) is -0.458. The standard InChI is InChI=1S/C7H15NO.C6H12O.C6H12.C5H12O.C5H12.2C4H10O/c1-2-3-8-4-6-9-7-5-8;1-2-6-3-4-7-5-6;1-2-6-4-3-5-6;1-4-5(2,3)6;1-3-5-4-2;2*1-3-4-5-2/h2-7H2,1H3;6H,2-5H2,1H3;6H,2-5H2,1H3;6H,4H2,1-3H3;3-5H2,1-2H3;2*3-4H2,1-2H3. The zero-order chi connectivity index (χ0) is 33.6. The molecule has 1 atom stereocenters. The van der Waals surface area contributed by atoms with E-state index in [4.69, 9.17) is 24.1 Å². The van der Waals surface area contributed by atoms with Crippen molar-refractivity contribution in [1.29, 1.82) is 0 Å². The highest BCUT2D eigenvalue weighted by molar-refractivity contribution is 4.66. The molecular weight excluding hydrogens is 538 g/mol. The third-order valence-corrected chi connectivity index (χ3v) is 7.44. The Labute approximate surface area is 272 Å². The van der Waals surface area contributed by atoms with Gasteiger partial charge in [-0.1, -0.05) is 107 Å². The molecule has 1 aliphatic carbocycles.